The highest BCUT2D eigenvalue weighted by Crippen LogP contribution is 2.33. The molecular formula is C28H42N4O3. The Morgan fingerprint density at radius 3 is 2.49 bits per heavy atom. The van der Waals surface area contributed by atoms with E-state index in [0.29, 0.717) is 30.4 Å². The van der Waals surface area contributed by atoms with Gasteiger partial charge in [0.1, 0.15) is 11.2 Å². The molecule has 7 nitrogen and oxygen atoms in total. The van der Waals surface area contributed by atoms with Crippen molar-refractivity contribution >= 4 is 22.9 Å². The molecule has 5 rings (SSSR count). The number of furan rings is 1. The molecule has 2 aromatic heterocycles. The number of nitrogens with zero attached hydrogens (tertiary/aromatic N) is 3. The maximum atomic E-state index is 13.9. The van der Waals surface area contributed by atoms with E-state index in [1.54, 1.807) is 6.26 Å². The van der Waals surface area contributed by atoms with Crippen LogP contribution in [0.25, 0.3) is 11.1 Å². The highest BCUT2D eigenvalue weighted by Gasteiger charge is 2.48. The smallest absolute Gasteiger partial charge is 0.271 e. The summed E-state index contributed by atoms with van der Waals surface area (Å²) in [5, 5.41) is 3.38. The zero-order chi connectivity index (χ0) is 24.4. The van der Waals surface area contributed by atoms with Crippen molar-refractivity contribution in [2.45, 2.75) is 108 Å². The van der Waals surface area contributed by atoms with Gasteiger partial charge in [0.2, 0.25) is 5.91 Å². The third-order valence-corrected chi connectivity index (χ3v) is 8.85. The average molecular weight is 483 g/mol. The first-order valence-electron chi connectivity index (χ1n) is 13.9. The molecule has 192 valence electrons. The highest BCUT2D eigenvalue weighted by atomic mass is 16.3. The summed E-state index contributed by atoms with van der Waals surface area (Å²) in [6.45, 7) is 3.73. The van der Waals surface area contributed by atoms with Crippen molar-refractivity contribution in [1.29, 1.82) is 0 Å². The van der Waals surface area contributed by atoms with Crippen molar-refractivity contribution in [3.63, 3.8) is 0 Å². The van der Waals surface area contributed by atoms with Crippen molar-refractivity contribution in [1.82, 2.24) is 19.7 Å². The van der Waals surface area contributed by atoms with Crippen LogP contribution in [0.2, 0.25) is 0 Å². The van der Waals surface area contributed by atoms with E-state index in [1.807, 2.05) is 28.5 Å². The molecule has 2 aliphatic carbocycles. The summed E-state index contributed by atoms with van der Waals surface area (Å²) in [6, 6.07) is 4.50. The van der Waals surface area contributed by atoms with Gasteiger partial charge in [-0.05, 0) is 39.7 Å². The zero-order valence-corrected chi connectivity index (χ0v) is 21.6. The molecule has 0 spiro atoms. The molecule has 0 saturated heterocycles. The van der Waals surface area contributed by atoms with E-state index in [2.05, 4.69) is 17.3 Å². The zero-order valence-electron chi connectivity index (χ0n) is 21.6. The van der Waals surface area contributed by atoms with Crippen LogP contribution in [0.15, 0.2) is 22.8 Å². The van der Waals surface area contributed by atoms with Crippen molar-refractivity contribution in [3.05, 3.63) is 24.1 Å². The third kappa shape index (κ3) is 4.89. The Kier molecular flexibility index (Phi) is 7.24. The Labute approximate surface area is 209 Å². The SMILES string of the molecule is CN(CCN1C(=O)c2cc3occc3n2C[C@@]1(C)C(=O)NC1CCCCCCC1)C1CCCCC1. The minimum atomic E-state index is -0.941. The normalized spacial score (nSPS) is 25.0. The predicted molar refractivity (Wildman–Crippen MR) is 137 cm³/mol. The van der Waals surface area contributed by atoms with Crippen LogP contribution in [0.1, 0.15) is 94.5 Å². The van der Waals surface area contributed by atoms with Gasteiger partial charge in [0.05, 0.1) is 18.3 Å². The van der Waals surface area contributed by atoms with Crippen molar-refractivity contribution < 1.29 is 14.0 Å². The first kappa shape index (κ1) is 24.4. The second kappa shape index (κ2) is 10.4. The second-order valence-electron chi connectivity index (χ2n) is 11.3. The number of aromatic nitrogens is 1. The summed E-state index contributed by atoms with van der Waals surface area (Å²) < 4.78 is 7.59. The third-order valence-electron chi connectivity index (χ3n) is 8.85. The van der Waals surface area contributed by atoms with Gasteiger partial charge < -0.3 is 24.1 Å². The Bertz CT molecular complexity index is 1030. The molecule has 0 radical (unpaired) electrons. The van der Waals surface area contributed by atoms with E-state index in [0.717, 1.165) is 37.7 Å². The van der Waals surface area contributed by atoms with Gasteiger partial charge in [-0.25, -0.2) is 0 Å². The maximum Gasteiger partial charge on any atom is 0.271 e. The molecule has 2 fully saturated rings. The predicted octanol–water partition coefficient (Wildman–Crippen LogP) is 4.94. The summed E-state index contributed by atoms with van der Waals surface area (Å²) in [5.74, 6) is -0.0947. The van der Waals surface area contributed by atoms with Crippen LogP contribution in [0.3, 0.4) is 0 Å². The molecule has 3 heterocycles. The van der Waals surface area contributed by atoms with Gasteiger partial charge in [0.25, 0.3) is 5.91 Å². The molecule has 1 aliphatic heterocycles. The van der Waals surface area contributed by atoms with Crippen LogP contribution in [0.4, 0.5) is 0 Å². The summed E-state index contributed by atoms with van der Waals surface area (Å²) in [7, 11) is 2.17. The minimum absolute atomic E-state index is 0.0206. The molecule has 1 N–H and O–H groups in total. The number of carbonyl (C=O) groups is 2. The van der Waals surface area contributed by atoms with Gasteiger partial charge in [-0.15, -0.1) is 0 Å². The highest BCUT2D eigenvalue weighted by molar-refractivity contribution is 6.02. The lowest BCUT2D eigenvalue weighted by Crippen LogP contribution is -2.65. The lowest BCUT2D eigenvalue weighted by molar-refractivity contribution is -0.133. The fourth-order valence-corrected chi connectivity index (χ4v) is 6.53. The number of nitrogens with one attached hydrogen (secondary N) is 1. The fourth-order valence-electron chi connectivity index (χ4n) is 6.53. The number of hydrogen-bond acceptors (Lipinski definition) is 4. The summed E-state index contributed by atoms with van der Waals surface area (Å²) in [6.07, 6.45) is 16.2. The lowest BCUT2D eigenvalue weighted by Gasteiger charge is -2.45. The molecule has 0 bridgehead atoms. The van der Waals surface area contributed by atoms with Crippen LogP contribution in [0, 0.1) is 0 Å². The van der Waals surface area contributed by atoms with E-state index in [4.69, 9.17) is 4.42 Å². The lowest BCUT2D eigenvalue weighted by atomic mass is 9.91. The molecule has 2 aromatic rings. The van der Waals surface area contributed by atoms with Crippen LogP contribution < -0.4 is 5.32 Å². The number of likely N-dealkylation sites (N-methyl/N-ethyl adjacent to an activating group) is 1. The van der Waals surface area contributed by atoms with Crippen molar-refractivity contribution in [2.75, 3.05) is 20.1 Å². The number of amides is 2. The Balaban J connectivity index is 1.39. The maximum absolute atomic E-state index is 13.9. The summed E-state index contributed by atoms with van der Waals surface area (Å²) in [5.41, 5.74) is 1.27. The second-order valence-corrected chi connectivity index (χ2v) is 11.3. The van der Waals surface area contributed by atoms with E-state index >= 15 is 0 Å². The number of carbonyl (C=O) groups excluding carboxylic acids is 2. The van der Waals surface area contributed by atoms with Gasteiger partial charge in [0.15, 0.2) is 5.58 Å². The molecule has 2 amide bonds. The minimum Gasteiger partial charge on any atom is -0.463 e. The van der Waals surface area contributed by atoms with Gasteiger partial charge in [-0.3, -0.25) is 9.59 Å². The number of rotatable bonds is 6. The average Bonchev–Trinajstić information content (AvgIpc) is 3.43. The first-order valence-corrected chi connectivity index (χ1v) is 13.9. The standard InChI is InChI=1S/C28H42N4O3/c1-28(27(34)29-21-11-7-4-3-5-8-12-21)20-31-23-15-18-35-25(23)19-24(31)26(33)32(28)17-16-30(2)22-13-9-6-10-14-22/h15,18-19,21-22H,3-14,16-17,20H2,1-2H3,(H,29,34)/t28-/m0/s1. The Hall–Kier alpha value is -2.28. The molecule has 1 atom stereocenters. The fraction of sp³-hybridized carbons (Fsp3) is 0.714. The molecule has 7 heteroatoms. The molecule has 0 aromatic carbocycles. The quantitative estimate of drug-likeness (QED) is 0.633. The topological polar surface area (TPSA) is 70.7 Å². The van der Waals surface area contributed by atoms with Gasteiger partial charge >= 0.3 is 0 Å². The molecule has 3 aliphatic rings. The largest absolute Gasteiger partial charge is 0.463 e. The van der Waals surface area contributed by atoms with Gasteiger partial charge in [0, 0.05) is 37.3 Å². The van der Waals surface area contributed by atoms with E-state index in [-0.39, 0.29) is 17.9 Å². The molecular weight excluding hydrogens is 440 g/mol. The van der Waals surface area contributed by atoms with Crippen LogP contribution >= 0.6 is 0 Å². The van der Waals surface area contributed by atoms with E-state index < -0.39 is 5.54 Å². The molecule has 0 unspecified atom stereocenters. The summed E-state index contributed by atoms with van der Waals surface area (Å²) in [4.78, 5) is 32.0. The van der Waals surface area contributed by atoms with Crippen LogP contribution in [-0.4, -0.2) is 63.9 Å². The van der Waals surface area contributed by atoms with Crippen LogP contribution in [0.5, 0.6) is 0 Å². The van der Waals surface area contributed by atoms with Gasteiger partial charge in [-0.2, -0.15) is 0 Å². The monoisotopic (exact) mass is 482 g/mol. The first-order chi connectivity index (χ1) is 17.0. The van der Waals surface area contributed by atoms with Crippen molar-refractivity contribution in [2.24, 2.45) is 0 Å². The summed E-state index contributed by atoms with van der Waals surface area (Å²) >= 11 is 0. The van der Waals surface area contributed by atoms with Crippen LogP contribution in [-0.2, 0) is 11.3 Å². The molecule has 35 heavy (non-hydrogen) atoms. The molecule has 2 saturated carbocycles. The Morgan fingerprint density at radius 1 is 1.09 bits per heavy atom. The van der Waals surface area contributed by atoms with E-state index in [1.165, 1.54) is 51.4 Å². The number of hydrogen-bond donors (Lipinski definition) is 1. The number of fused-ring (bicyclic) bond motifs is 3. The van der Waals surface area contributed by atoms with E-state index in [9.17, 15) is 9.59 Å². The van der Waals surface area contributed by atoms with Crippen molar-refractivity contribution in [3.8, 4) is 0 Å². The Morgan fingerprint density at radius 2 is 1.74 bits per heavy atom. The van der Waals surface area contributed by atoms with Gasteiger partial charge in [-0.1, -0.05) is 51.4 Å².